The van der Waals surface area contributed by atoms with Crippen molar-refractivity contribution in [2.45, 2.75) is 27.2 Å². The van der Waals surface area contributed by atoms with E-state index in [1.165, 1.54) is 0 Å². The van der Waals surface area contributed by atoms with Gasteiger partial charge in [0.25, 0.3) is 0 Å². The summed E-state index contributed by atoms with van der Waals surface area (Å²) in [7, 11) is 0. The van der Waals surface area contributed by atoms with Crippen molar-refractivity contribution in [3.8, 4) is 0 Å². The average Bonchev–Trinajstić information content (AvgIpc) is 1.59. The zero-order chi connectivity index (χ0) is 8.20. The lowest BCUT2D eigenvalue weighted by Gasteiger charge is -2.15. The minimum Gasteiger partial charge on any atom is -0.412 e. The van der Waals surface area contributed by atoms with Gasteiger partial charge in [0, 0.05) is 6.54 Å². The van der Waals surface area contributed by atoms with Crippen molar-refractivity contribution in [2.24, 2.45) is 21.9 Å². The summed E-state index contributed by atoms with van der Waals surface area (Å²) in [4.78, 5) is 3.88. The molecule has 0 saturated heterocycles. The minimum atomic E-state index is 0. The monoisotopic (exact) mass is 161 g/mol. The highest BCUT2D eigenvalue weighted by Gasteiger charge is 2.08. The number of nitrogens with two attached hydrogens (primary N) is 2. The summed E-state index contributed by atoms with van der Waals surface area (Å²) in [6, 6.07) is 0. The van der Waals surface area contributed by atoms with Crippen LogP contribution in [0.15, 0.2) is 4.99 Å². The minimum absolute atomic E-state index is 0. The van der Waals surface area contributed by atoms with E-state index in [1.807, 2.05) is 0 Å². The fraction of sp³-hybridized carbons (Fsp3) is 0.857. The quantitative estimate of drug-likeness (QED) is 0.436. The summed E-state index contributed by atoms with van der Waals surface area (Å²) in [5, 5.41) is 0. The highest BCUT2D eigenvalue weighted by atomic mass is 16.0. The fourth-order valence-electron chi connectivity index (χ4n) is 0.520. The van der Waals surface area contributed by atoms with Gasteiger partial charge >= 0.3 is 0 Å². The maximum Gasteiger partial charge on any atom is 0.185 e. The molecule has 0 aliphatic rings. The normalized spacial score (nSPS) is 10.1. The summed E-state index contributed by atoms with van der Waals surface area (Å²) in [5.74, 6) is 0.184. The van der Waals surface area contributed by atoms with Gasteiger partial charge in [-0.05, 0) is 11.8 Å². The van der Waals surface area contributed by atoms with E-state index in [4.69, 9.17) is 11.5 Å². The Morgan fingerprint density at radius 1 is 1.27 bits per heavy atom. The van der Waals surface area contributed by atoms with Crippen LogP contribution in [0, 0.1) is 5.41 Å². The molecule has 0 aromatic carbocycles. The first-order valence-corrected chi connectivity index (χ1v) is 3.47. The first-order chi connectivity index (χ1) is 4.42. The van der Waals surface area contributed by atoms with E-state index in [0.717, 1.165) is 13.0 Å². The Morgan fingerprint density at radius 2 is 1.73 bits per heavy atom. The Bertz CT molecular complexity index is 122. The zero-order valence-electron chi connectivity index (χ0n) is 7.52. The summed E-state index contributed by atoms with van der Waals surface area (Å²) in [6.45, 7) is 7.21. The molecule has 0 bridgehead atoms. The van der Waals surface area contributed by atoms with Gasteiger partial charge in [-0.3, -0.25) is 4.99 Å². The second-order valence-electron chi connectivity index (χ2n) is 3.62. The molecular weight excluding hydrogens is 142 g/mol. The Balaban J connectivity index is 0. The predicted octanol–water partition coefficient (Wildman–Crippen LogP) is -0.129. The van der Waals surface area contributed by atoms with Crippen molar-refractivity contribution in [1.82, 2.24) is 0 Å². The van der Waals surface area contributed by atoms with Crippen LogP contribution in [0.25, 0.3) is 0 Å². The SMILES string of the molecule is CC(C)(C)CCN=C(N)N.O. The third kappa shape index (κ3) is 12.4. The smallest absolute Gasteiger partial charge is 0.185 e. The first-order valence-electron chi connectivity index (χ1n) is 3.47. The molecular formula is C7H19N3O. The van der Waals surface area contributed by atoms with Crippen LogP contribution in [0.3, 0.4) is 0 Å². The number of aliphatic imine (C=N–C) groups is 1. The van der Waals surface area contributed by atoms with Gasteiger partial charge in [0.05, 0.1) is 0 Å². The van der Waals surface area contributed by atoms with Crippen LogP contribution >= 0.6 is 0 Å². The standard InChI is InChI=1S/C7H17N3.H2O/c1-7(2,3)4-5-10-6(8)9;/h4-5H2,1-3H3,(H4,8,9,10);1H2. The molecule has 0 amide bonds. The summed E-state index contributed by atoms with van der Waals surface area (Å²) in [6.07, 6.45) is 1.02. The van der Waals surface area contributed by atoms with Gasteiger partial charge in [-0.2, -0.15) is 0 Å². The summed E-state index contributed by atoms with van der Waals surface area (Å²) < 4.78 is 0. The largest absolute Gasteiger partial charge is 0.412 e. The summed E-state index contributed by atoms with van der Waals surface area (Å²) in [5.41, 5.74) is 10.6. The zero-order valence-corrected chi connectivity index (χ0v) is 7.52. The highest BCUT2D eigenvalue weighted by Crippen LogP contribution is 2.17. The van der Waals surface area contributed by atoms with Gasteiger partial charge in [-0.15, -0.1) is 0 Å². The van der Waals surface area contributed by atoms with Gasteiger partial charge < -0.3 is 16.9 Å². The molecule has 0 radical (unpaired) electrons. The molecule has 0 rings (SSSR count). The molecule has 68 valence electrons. The summed E-state index contributed by atoms with van der Waals surface area (Å²) >= 11 is 0. The van der Waals surface area contributed by atoms with E-state index in [2.05, 4.69) is 25.8 Å². The van der Waals surface area contributed by atoms with Crippen molar-refractivity contribution in [3.63, 3.8) is 0 Å². The molecule has 0 heterocycles. The van der Waals surface area contributed by atoms with Gasteiger partial charge in [0.2, 0.25) is 0 Å². The van der Waals surface area contributed by atoms with Crippen LogP contribution in [0.5, 0.6) is 0 Å². The van der Waals surface area contributed by atoms with Crippen LogP contribution in [0.1, 0.15) is 27.2 Å². The van der Waals surface area contributed by atoms with Crippen molar-refractivity contribution in [1.29, 1.82) is 0 Å². The molecule has 6 N–H and O–H groups in total. The first kappa shape index (κ1) is 12.9. The number of guanidine groups is 1. The lowest BCUT2D eigenvalue weighted by molar-refractivity contribution is 0.385. The topological polar surface area (TPSA) is 95.9 Å². The third-order valence-corrected chi connectivity index (χ3v) is 1.16. The lowest BCUT2D eigenvalue weighted by Crippen LogP contribution is -2.23. The molecule has 0 atom stereocenters. The van der Waals surface area contributed by atoms with E-state index >= 15 is 0 Å². The second kappa shape index (κ2) is 4.96. The number of hydrogen-bond donors (Lipinski definition) is 2. The maximum absolute atomic E-state index is 5.15. The molecule has 0 aromatic rings. The van der Waals surface area contributed by atoms with Gasteiger partial charge in [-0.25, -0.2) is 0 Å². The van der Waals surface area contributed by atoms with Gasteiger partial charge in [0.15, 0.2) is 5.96 Å². The molecule has 0 spiro atoms. The molecule has 11 heavy (non-hydrogen) atoms. The van der Waals surface area contributed by atoms with Crippen LogP contribution in [-0.4, -0.2) is 18.0 Å². The molecule has 0 aromatic heterocycles. The van der Waals surface area contributed by atoms with E-state index < -0.39 is 0 Å². The Morgan fingerprint density at radius 3 is 2.00 bits per heavy atom. The van der Waals surface area contributed by atoms with Gasteiger partial charge in [-0.1, -0.05) is 20.8 Å². The molecule has 0 saturated carbocycles. The van der Waals surface area contributed by atoms with Crippen molar-refractivity contribution in [2.75, 3.05) is 6.54 Å². The van der Waals surface area contributed by atoms with Gasteiger partial charge in [0.1, 0.15) is 0 Å². The molecule has 0 aliphatic carbocycles. The molecule has 4 nitrogen and oxygen atoms in total. The van der Waals surface area contributed by atoms with E-state index in [0.29, 0.717) is 5.41 Å². The second-order valence-corrected chi connectivity index (χ2v) is 3.62. The molecule has 0 fully saturated rings. The number of hydrogen-bond acceptors (Lipinski definition) is 1. The van der Waals surface area contributed by atoms with Crippen molar-refractivity contribution < 1.29 is 5.48 Å². The Labute approximate surface area is 68.0 Å². The third-order valence-electron chi connectivity index (χ3n) is 1.16. The van der Waals surface area contributed by atoms with Crippen molar-refractivity contribution >= 4 is 5.96 Å². The van der Waals surface area contributed by atoms with Crippen molar-refractivity contribution in [3.05, 3.63) is 0 Å². The van der Waals surface area contributed by atoms with Crippen LogP contribution in [-0.2, 0) is 0 Å². The van der Waals surface area contributed by atoms with E-state index in [1.54, 1.807) is 0 Å². The van der Waals surface area contributed by atoms with Crippen LogP contribution in [0.2, 0.25) is 0 Å². The molecule has 0 unspecified atom stereocenters. The Kier molecular flexibility index (Phi) is 5.80. The fourth-order valence-corrected chi connectivity index (χ4v) is 0.520. The highest BCUT2D eigenvalue weighted by molar-refractivity contribution is 5.75. The number of nitrogens with zero attached hydrogens (tertiary/aromatic N) is 1. The van der Waals surface area contributed by atoms with E-state index in [-0.39, 0.29) is 11.4 Å². The number of rotatable bonds is 2. The lowest BCUT2D eigenvalue weighted by atomic mass is 9.93. The maximum atomic E-state index is 5.15. The molecule has 4 heteroatoms. The molecule has 0 aliphatic heterocycles. The van der Waals surface area contributed by atoms with E-state index in [9.17, 15) is 0 Å². The van der Waals surface area contributed by atoms with Crippen LogP contribution in [0.4, 0.5) is 0 Å². The average molecular weight is 161 g/mol. The van der Waals surface area contributed by atoms with Crippen LogP contribution < -0.4 is 11.5 Å². The Hall–Kier alpha value is -0.770. The predicted molar refractivity (Wildman–Crippen MR) is 48.4 cm³/mol.